The van der Waals surface area contributed by atoms with Gasteiger partial charge in [-0.05, 0) is 50.0 Å². The van der Waals surface area contributed by atoms with Crippen LogP contribution in [0.1, 0.15) is 18.4 Å². The third kappa shape index (κ3) is 3.84. The Hall–Kier alpha value is -1.91. The maximum Gasteiger partial charge on any atom is 0.145 e. The summed E-state index contributed by atoms with van der Waals surface area (Å²) in [4.78, 5) is 6.51. The summed E-state index contributed by atoms with van der Waals surface area (Å²) in [5, 5.41) is 9.23. The Morgan fingerprint density at radius 2 is 1.95 bits per heavy atom. The van der Waals surface area contributed by atoms with Crippen LogP contribution in [0.25, 0.3) is 0 Å². The van der Waals surface area contributed by atoms with Gasteiger partial charge in [0, 0.05) is 24.9 Å². The van der Waals surface area contributed by atoms with Crippen LogP contribution in [0, 0.1) is 5.92 Å². The smallest absolute Gasteiger partial charge is 0.145 e. The Morgan fingerprint density at radius 3 is 2.68 bits per heavy atom. The Kier molecular flexibility index (Phi) is 5.03. The van der Waals surface area contributed by atoms with Crippen LogP contribution < -0.4 is 4.74 Å². The number of aliphatic hydroxyl groups is 1. The molecule has 2 aromatic rings. The van der Waals surface area contributed by atoms with Crippen molar-refractivity contribution in [1.29, 1.82) is 0 Å². The van der Waals surface area contributed by atoms with Crippen molar-refractivity contribution in [2.45, 2.75) is 19.4 Å². The van der Waals surface area contributed by atoms with E-state index in [0.717, 1.165) is 44.0 Å². The van der Waals surface area contributed by atoms with Crippen LogP contribution in [-0.4, -0.2) is 34.7 Å². The van der Waals surface area contributed by atoms with Crippen molar-refractivity contribution < 1.29 is 9.84 Å². The molecule has 4 nitrogen and oxygen atoms in total. The first-order valence-corrected chi connectivity index (χ1v) is 7.84. The number of piperidine rings is 1. The van der Waals surface area contributed by atoms with E-state index in [-0.39, 0.29) is 0 Å². The molecule has 0 amide bonds. The zero-order chi connectivity index (χ0) is 15.2. The number of hydrogen-bond acceptors (Lipinski definition) is 4. The van der Waals surface area contributed by atoms with E-state index in [2.05, 4.69) is 16.0 Å². The molecule has 0 bridgehead atoms. The van der Waals surface area contributed by atoms with E-state index in [1.54, 1.807) is 12.4 Å². The van der Waals surface area contributed by atoms with Crippen molar-refractivity contribution in [3.63, 3.8) is 0 Å². The van der Waals surface area contributed by atoms with Gasteiger partial charge in [-0.15, -0.1) is 0 Å². The first-order valence-electron chi connectivity index (χ1n) is 7.84. The molecular weight excluding hydrogens is 276 g/mol. The maximum atomic E-state index is 9.23. The summed E-state index contributed by atoms with van der Waals surface area (Å²) < 4.78 is 5.96. The van der Waals surface area contributed by atoms with Gasteiger partial charge >= 0.3 is 0 Å². The number of aromatic nitrogens is 1. The maximum absolute atomic E-state index is 9.23. The van der Waals surface area contributed by atoms with Crippen LogP contribution in [0.5, 0.6) is 11.5 Å². The van der Waals surface area contributed by atoms with E-state index in [9.17, 15) is 5.11 Å². The van der Waals surface area contributed by atoms with Gasteiger partial charge in [-0.1, -0.05) is 18.2 Å². The second kappa shape index (κ2) is 7.38. The topological polar surface area (TPSA) is 45.6 Å². The average Bonchev–Trinajstić information content (AvgIpc) is 2.58. The van der Waals surface area contributed by atoms with Gasteiger partial charge in [0.1, 0.15) is 11.5 Å². The minimum absolute atomic E-state index is 0.314. The molecule has 3 rings (SSSR count). The highest BCUT2D eigenvalue weighted by molar-refractivity contribution is 5.37. The number of hydrogen-bond donors (Lipinski definition) is 1. The van der Waals surface area contributed by atoms with Crippen molar-refractivity contribution >= 4 is 0 Å². The third-order valence-electron chi connectivity index (χ3n) is 4.19. The summed E-state index contributed by atoms with van der Waals surface area (Å²) >= 11 is 0. The van der Waals surface area contributed by atoms with E-state index in [0.29, 0.717) is 12.5 Å². The van der Waals surface area contributed by atoms with Crippen LogP contribution in [-0.2, 0) is 6.54 Å². The number of likely N-dealkylation sites (tertiary alicyclic amines) is 1. The molecule has 1 N–H and O–H groups in total. The number of para-hydroxylation sites is 1. The van der Waals surface area contributed by atoms with Crippen LogP contribution >= 0.6 is 0 Å². The molecule has 0 aliphatic carbocycles. The lowest BCUT2D eigenvalue weighted by Crippen LogP contribution is -2.34. The SMILES string of the molecule is OCC1CCN(Cc2ccccc2Oc2cccnc2)CC1. The zero-order valence-corrected chi connectivity index (χ0v) is 12.7. The van der Waals surface area contributed by atoms with Gasteiger partial charge in [-0.25, -0.2) is 0 Å². The van der Waals surface area contributed by atoms with Crippen molar-refractivity contribution in [3.8, 4) is 11.5 Å². The molecule has 1 aromatic heterocycles. The second-order valence-corrected chi connectivity index (χ2v) is 5.80. The van der Waals surface area contributed by atoms with Crippen LogP contribution in [0.2, 0.25) is 0 Å². The van der Waals surface area contributed by atoms with Gasteiger partial charge in [0.05, 0.1) is 6.20 Å². The molecule has 1 fully saturated rings. The second-order valence-electron chi connectivity index (χ2n) is 5.80. The Bertz CT molecular complexity index is 581. The fraction of sp³-hybridized carbons (Fsp3) is 0.389. The minimum Gasteiger partial charge on any atom is -0.455 e. The lowest BCUT2D eigenvalue weighted by molar-refractivity contribution is 0.127. The molecular formula is C18H22N2O2. The molecule has 2 heterocycles. The predicted octanol–water partition coefficient (Wildman–Crippen LogP) is 3.08. The Labute approximate surface area is 131 Å². The number of benzene rings is 1. The number of rotatable bonds is 5. The molecule has 0 saturated carbocycles. The van der Waals surface area contributed by atoms with Crippen LogP contribution in [0.3, 0.4) is 0 Å². The van der Waals surface area contributed by atoms with Crippen LogP contribution in [0.15, 0.2) is 48.8 Å². The van der Waals surface area contributed by atoms with Gasteiger partial charge in [0.25, 0.3) is 0 Å². The predicted molar refractivity (Wildman–Crippen MR) is 85.8 cm³/mol. The monoisotopic (exact) mass is 298 g/mol. The van der Waals surface area contributed by atoms with Crippen molar-refractivity contribution in [1.82, 2.24) is 9.88 Å². The summed E-state index contributed by atoms with van der Waals surface area (Å²) in [6, 6.07) is 11.9. The Balaban J connectivity index is 1.67. The fourth-order valence-corrected chi connectivity index (χ4v) is 2.84. The van der Waals surface area contributed by atoms with Crippen molar-refractivity contribution in [2.24, 2.45) is 5.92 Å². The lowest BCUT2D eigenvalue weighted by atomic mass is 9.97. The average molecular weight is 298 g/mol. The number of ether oxygens (including phenoxy) is 1. The summed E-state index contributed by atoms with van der Waals surface area (Å²) in [5.74, 6) is 2.12. The zero-order valence-electron chi connectivity index (χ0n) is 12.7. The summed E-state index contributed by atoms with van der Waals surface area (Å²) in [7, 11) is 0. The van der Waals surface area contributed by atoms with Gasteiger partial charge < -0.3 is 9.84 Å². The molecule has 22 heavy (non-hydrogen) atoms. The van der Waals surface area contributed by atoms with Crippen molar-refractivity contribution in [3.05, 3.63) is 54.4 Å². The summed E-state index contributed by atoms with van der Waals surface area (Å²) in [6.45, 7) is 3.27. The normalized spacial score (nSPS) is 16.6. The van der Waals surface area contributed by atoms with Gasteiger partial charge in [-0.2, -0.15) is 0 Å². The summed E-state index contributed by atoms with van der Waals surface area (Å²) in [5.41, 5.74) is 1.19. The first kappa shape index (κ1) is 15.0. The highest BCUT2D eigenvalue weighted by Crippen LogP contribution is 2.27. The molecule has 1 aliphatic rings. The number of pyridine rings is 1. The first-order chi connectivity index (χ1) is 10.8. The minimum atomic E-state index is 0.314. The van der Waals surface area contributed by atoms with Crippen molar-refractivity contribution in [2.75, 3.05) is 19.7 Å². The third-order valence-corrected chi connectivity index (χ3v) is 4.19. The largest absolute Gasteiger partial charge is 0.455 e. The van der Waals surface area contributed by atoms with Gasteiger partial charge in [-0.3, -0.25) is 9.88 Å². The van der Waals surface area contributed by atoms with E-state index < -0.39 is 0 Å². The molecule has 0 atom stereocenters. The van der Waals surface area contributed by atoms with Gasteiger partial charge in [0.15, 0.2) is 0 Å². The standard InChI is InChI=1S/C18H22N2O2/c21-14-15-7-10-20(11-8-15)13-16-4-1-2-6-18(16)22-17-5-3-9-19-12-17/h1-6,9,12,15,21H,7-8,10-11,13-14H2. The highest BCUT2D eigenvalue weighted by atomic mass is 16.5. The Morgan fingerprint density at radius 1 is 1.14 bits per heavy atom. The molecule has 0 radical (unpaired) electrons. The molecule has 4 heteroatoms. The van der Waals surface area contributed by atoms with Crippen LogP contribution in [0.4, 0.5) is 0 Å². The number of aliphatic hydroxyl groups excluding tert-OH is 1. The fourth-order valence-electron chi connectivity index (χ4n) is 2.84. The number of nitrogens with zero attached hydrogens (tertiary/aromatic N) is 2. The molecule has 1 saturated heterocycles. The quantitative estimate of drug-likeness (QED) is 0.921. The molecule has 0 spiro atoms. The van der Waals surface area contributed by atoms with E-state index >= 15 is 0 Å². The van der Waals surface area contributed by atoms with Gasteiger partial charge in [0.2, 0.25) is 0 Å². The lowest BCUT2D eigenvalue weighted by Gasteiger charge is -2.31. The van der Waals surface area contributed by atoms with E-state index in [1.807, 2.05) is 30.3 Å². The molecule has 116 valence electrons. The van der Waals surface area contributed by atoms with E-state index in [1.165, 1.54) is 5.56 Å². The molecule has 1 aromatic carbocycles. The van der Waals surface area contributed by atoms with E-state index in [4.69, 9.17) is 4.74 Å². The molecule has 1 aliphatic heterocycles. The highest BCUT2D eigenvalue weighted by Gasteiger charge is 2.19. The molecule has 0 unspecified atom stereocenters. The summed E-state index contributed by atoms with van der Waals surface area (Å²) in [6.07, 6.45) is 5.61.